The van der Waals surface area contributed by atoms with E-state index < -0.39 is 0 Å². The molecule has 6 nitrogen and oxygen atoms in total. The van der Waals surface area contributed by atoms with Gasteiger partial charge in [-0.3, -0.25) is 4.57 Å². The van der Waals surface area contributed by atoms with Gasteiger partial charge in [-0.2, -0.15) is 0 Å². The number of hydrogen-bond acceptors (Lipinski definition) is 5. The molecule has 1 N–H and O–H groups in total. The van der Waals surface area contributed by atoms with Crippen LogP contribution in [-0.2, 0) is 12.3 Å². The maximum atomic E-state index is 9.53. The highest BCUT2D eigenvalue weighted by molar-refractivity contribution is 7.98. The third-order valence-electron chi connectivity index (χ3n) is 5.06. The standard InChI is InChI=1S/C21H20ClN5OS/c22-15-8-9-17-18(12-15)26(10-11-28)19(23-17)13-29-21-25-24-20(14-6-7-14)27(21)16-4-2-1-3-5-16/h1-5,8-9,12,14,28H,6-7,10-11,13H2. The Balaban J connectivity index is 1.49. The van der Waals surface area contributed by atoms with Gasteiger partial charge in [0, 0.05) is 23.2 Å². The van der Waals surface area contributed by atoms with Gasteiger partial charge in [0.2, 0.25) is 0 Å². The second kappa shape index (κ2) is 7.82. The molecule has 2 aromatic carbocycles. The smallest absolute Gasteiger partial charge is 0.196 e. The lowest BCUT2D eigenvalue weighted by Gasteiger charge is -2.10. The molecular weight excluding hydrogens is 406 g/mol. The van der Waals surface area contributed by atoms with Crippen LogP contribution < -0.4 is 0 Å². The maximum absolute atomic E-state index is 9.53. The van der Waals surface area contributed by atoms with Crippen molar-refractivity contribution in [2.75, 3.05) is 6.61 Å². The van der Waals surface area contributed by atoms with Crippen molar-refractivity contribution >= 4 is 34.4 Å². The Bertz CT molecular complexity index is 1150. The summed E-state index contributed by atoms with van der Waals surface area (Å²) in [6, 6.07) is 15.9. The minimum absolute atomic E-state index is 0.0433. The summed E-state index contributed by atoms with van der Waals surface area (Å²) in [6.45, 7) is 0.521. The van der Waals surface area contributed by atoms with Gasteiger partial charge in [-0.15, -0.1) is 10.2 Å². The Morgan fingerprint density at radius 2 is 1.93 bits per heavy atom. The molecule has 0 spiro atoms. The fourth-order valence-corrected chi connectivity index (χ4v) is 4.61. The van der Waals surface area contributed by atoms with Crippen LogP contribution in [-0.4, -0.2) is 36.0 Å². The van der Waals surface area contributed by atoms with Crippen LogP contribution in [0.5, 0.6) is 0 Å². The van der Waals surface area contributed by atoms with Crippen LogP contribution >= 0.6 is 23.4 Å². The van der Waals surface area contributed by atoms with E-state index in [0.29, 0.717) is 23.2 Å². The van der Waals surface area contributed by atoms with Crippen molar-refractivity contribution in [1.29, 1.82) is 0 Å². The van der Waals surface area contributed by atoms with E-state index in [0.717, 1.165) is 33.5 Å². The van der Waals surface area contributed by atoms with E-state index in [1.807, 2.05) is 41.0 Å². The molecule has 1 saturated carbocycles. The molecule has 1 aliphatic rings. The highest BCUT2D eigenvalue weighted by atomic mass is 35.5. The van der Waals surface area contributed by atoms with E-state index in [-0.39, 0.29) is 6.61 Å². The molecule has 2 heterocycles. The van der Waals surface area contributed by atoms with Crippen LogP contribution in [0.2, 0.25) is 5.02 Å². The maximum Gasteiger partial charge on any atom is 0.196 e. The Hall–Kier alpha value is -2.35. The predicted molar refractivity (Wildman–Crippen MR) is 115 cm³/mol. The largest absolute Gasteiger partial charge is 0.395 e. The van der Waals surface area contributed by atoms with Crippen molar-refractivity contribution in [1.82, 2.24) is 24.3 Å². The second-order valence-electron chi connectivity index (χ2n) is 7.11. The molecular formula is C21H20ClN5OS. The van der Waals surface area contributed by atoms with Gasteiger partial charge in [0.05, 0.1) is 23.4 Å². The van der Waals surface area contributed by atoms with Crippen molar-refractivity contribution in [3.63, 3.8) is 0 Å². The van der Waals surface area contributed by atoms with E-state index in [2.05, 4.69) is 26.9 Å². The van der Waals surface area contributed by atoms with Crippen LogP contribution in [0.3, 0.4) is 0 Å². The number of hydrogen-bond donors (Lipinski definition) is 1. The predicted octanol–water partition coefficient (Wildman–Crippen LogP) is 4.43. The molecule has 148 valence electrons. The molecule has 0 amide bonds. The van der Waals surface area contributed by atoms with Crippen molar-refractivity contribution < 1.29 is 5.11 Å². The molecule has 1 aliphatic carbocycles. The quantitative estimate of drug-likeness (QED) is 0.443. The second-order valence-corrected chi connectivity index (χ2v) is 8.49. The summed E-state index contributed by atoms with van der Waals surface area (Å²) < 4.78 is 4.19. The third kappa shape index (κ3) is 3.66. The number of thioether (sulfide) groups is 1. The minimum atomic E-state index is 0.0433. The lowest BCUT2D eigenvalue weighted by Crippen LogP contribution is -2.07. The first-order chi connectivity index (χ1) is 14.2. The number of nitrogens with zero attached hydrogens (tertiary/aromatic N) is 5. The van der Waals surface area contributed by atoms with E-state index in [4.69, 9.17) is 16.6 Å². The highest BCUT2D eigenvalue weighted by Gasteiger charge is 2.31. The number of halogens is 1. The van der Waals surface area contributed by atoms with Gasteiger partial charge in [0.25, 0.3) is 0 Å². The molecule has 0 saturated heterocycles. The Labute approximate surface area is 177 Å². The molecule has 4 aromatic rings. The number of aliphatic hydroxyl groups is 1. The van der Waals surface area contributed by atoms with Gasteiger partial charge >= 0.3 is 0 Å². The zero-order valence-electron chi connectivity index (χ0n) is 15.7. The number of para-hydroxylation sites is 1. The molecule has 0 unspecified atom stereocenters. The molecule has 5 rings (SSSR count). The average molecular weight is 426 g/mol. The van der Waals surface area contributed by atoms with Crippen molar-refractivity contribution in [3.8, 4) is 5.69 Å². The first-order valence-corrected chi connectivity index (χ1v) is 11.0. The molecule has 0 bridgehead atoms. The highest BCUT2D eigenvalue weighted by Crippen LogP contribution is 2.41. The minimum Gasteiger partial charge on any atom is -0.395 e. The SMILES string of the molecule is OCCn1c(CSc2nnc(C3CC3)n2-c2ccccc2)nc2ccc(Cl)cc21. The van der Waals surface area contributed by atoms with Crippen molar-refractivity contribution in [2.45, 2.75) is 36.2 Å². The lowest BCUT2D eigenvalue weighted by molar-refractivity contribution is 0.276. The molecule has 29 heavy (non-hydrogen) atoms. The summed E-state index contributed by atoms with van der Waals surface area (Å²) in [5, 5.41) is 20.0. The Morgan fingerprint density at radius 3 is 2.69 bits per heavy atom. The zero-order valence-corrected chi connectivity index (χ0v) is 17.3. The number of fused-ring (bicyclic) bond motifs is 1. The van der Waals surface area contributed by atoms with Crippen LogP contribution in [0.4, 0.5) is 0 Å². The van der Waals surface area contributed by atoms with E-state index in [9.17, 15) is 5.11 Å². The number of imidazole rings is 1. The van der Waals surface area contributed by atoms with Crippen molar-refractivity contribution in [3.05, 3.63) is 65.2 Å². The van der Waals surface area contributed by atoms with E-state index in [1.165, 1.54) is 12.8 Å². The molecule has 0 aliphatic heterocycles. The summed E-state index contributed by atoms with van der Waals surface area (Å²) in [6.07, 6.45) is 2.34. The van der Waals surface area contributed by atoms with Crippen molar-refractivity contribution in [2.24, 2.45) is 0 Å². The van der Waals surface area contributed by atoms with Gasteiger partial charge < -0.3 is 9.67 Å². The first kappa shape index (κ1) is 18.7. The molecule has 0 atom stereocenters. The number of rotatable bonds is 7. The zero-order chi connectivity index (χ0) is 19.8. The van der Waals surface area contributed by atoms with E-state index >= 15 is 0 Å². The van der Waals surface area contributed by atoms with Gasteiger partial charge in [0.1, 0.15) is 11.6 Å². The summed E-state index contributed by atoms with van der Waals surface area (Å²) in [4.78, 5) is 4.76. The third-order valence-corrected chi connectivity index (χ3v) is 6.22. The Kier molecular flexibility index (Phi) is 5.03. The van der Waals surface area contributed by atoms with Crippen LogP contribution in [0, 0.1) is 0 Å². The molecule has 2 aromatic heterocycles. The topological polar surface area (TPSA) is 68.8 Å². The summed E-state index contributed by atoms with van der Waals surface area (Å²) in [5.74, 6) is 3.05. The molecule has 8 heteroatoms. The normalized spacial score (nSPS) is 14.0. The summed E-state index contributed by atoms with van der Waals surface area (Å²) in [7, 11) is 0. The number of benzene rings is 2. The van der Waals surface area contributed by atoms with Crippen LogP contribution in [0.25, 0.3) is 16.7 Å². The first-order valence-electron chi connectivity index (χ1n) is 9.63. The van der Waals surface area contributed by atoms with Gasteiger partial charge in [0.15, 0.2) is 5.16 Å². The summed E-state index contributed by atoms with van der Waals surface area (Å²) in [5.41, 5.74) is 2.89. The number of aliphatic hydroxyl groups excluding tert-OH is 1. The van der Waals surface area contributed by atoms with Crippen LogP contribution in [0.15, 0.2) is 53.7 Å². The van der Waals surface area contributed by atoms with Crippen LogP contribution in [0.1, 0.15) is 30.4 Å². The van der Waals surface area contributed by atoms with E-state index in [1.54, 1.807) is 11.8 Å². The molecule has 0 radical (unpaired) electrons. The average Bonchev–Trinajstić information content (AvgIpc) is 3.41. The van der Waals surface area contributed by atoms with Gasteiger partial charge in [-0.05, 0) is 43.2 Å². The van der Waals surface area contributed by atoms with Gasteiger partial charge in [-0.1, -0.05) is 41.6 Å². The fraction of sp³-hybridized carbons (Fsp3) is 0.286. The monoisotopic (exact) mass is 425 g/mol. The Morgan fingerprint density at radius 1 is 1.10 bits per heavy atom. The number of aromatic nitrogens is 5. The van der Waals surface area contributed by atoms with Gasteiger partial charge in [-0.25, -0.2) is 4.98 Å². The summed E-state index contributed by atoms with van der Waals surface area (Å²) >= 11 is 7.78. The molecule has 1 fully saturated rings. The lowest BCUT2D eigenvalue weighted by atomic mass is 10.3. The fourth-order valence-electron chi connectivity index (χ4n) is 3.53.